The topological polar surface area (TPSA) is 86.7 Å². The van der Waals surface area contributed by atoms with E-state index in [1.807, 2.05) is 34.9 Å². The fraction of sp³-hybridized carbons (Fsp3) is 0.857. The van der Waals surface area contributed by atoms with Crippen LogP contribution in [-0.2, 0) is 14.3 Å². The molecule has 0 saturated heterocycles. The highest BCUT2D eigenvalue weighted by molar-refractivity contribution is 5.75. The summed E-state index contributed by atoms with van der Waals surface area (Å²) in [5.41, 5.74) is -0.494. The van der Waals surface area contributed by atoms with E-state index < -0.39 is 17.5 Å². The molecule has 6 heteroatoms. The Bertz CT molecular complexity index is 338. The van der Waals surface area contributed by atoms with Gasteiger partial charge in [0.15, 0.2) is 0 Å². The van der Waals surface area contributed by atoms with Gasteiger partial charge >= 0.3 is 5.97 Å². The zero-order chi connectivity index (χ0) is 16.0. The molecule has 0 spiro atoms. The first kappa shape index (κ1) is 18.9. The predicted molar refractivity (Wildman–Crippen MR) is 72.5 cm³/mol. The van der Waals surface area contributed by atoms with Gasteiger partial charge in [-0.25, -0.2) is 0 Å². The first-order valence-electron chi connectivity index (χ1n) is 6.87. The van der Waals surface area contributed by atoms with Crippen LogP contribution in [0.3, 0.4) is 0 Å². The van der Waals surface area contributed by atoms with E-state index in [1.165, 1.54) is 0 Å². The molecule has 0 bridgehead atoms. The molecule has 0 aromatic heterocycles. The van der Waals surface area contributed by atoms with E-state index in [4.69, 9.17) is 4.74 Å². The number of nitrogens with zero attached hydrogens (tertiary/aromatic N) is 1. The number of likely N-dealkylation sites (N-methyl/N-ethyl adjacent to an activating group) is 1. The number of carbonyl (C=O) groups excluding carboxylic acids is 2. The third-order valence-corrected chi connectivity index (χ3v) is 3.47. The van der Waals surface area contributed by atoms with Crippen LogP contribution in [0.25, 0.3) is 0 Å². The Kier molecular flexibility index (Phi) is 7.16. The summed E-state index contributed by atoms with van der Waals surface area (Å²) < 4.78 is 5.60. The van der Waals surface area contributed by atoms with Crippen LogP contribution in [0.2, 0.25) is 0 Å². The molecule has 0 aliphatic carbocycles. The number of ether oxygens (including phenoxy) is 1. The maximum absolute atomic E-state index is 11.8. The Morgan fingerprint density at radius 1 is 1.35 bits per heavy atom. The van der Waals surface area contributed by atoms with Gasteiger partial charge in [0.05, 0.1) is 19.5 Å². The summed E-state index contributed by atoms with van der Waals surface area (Å²) in [5.74, 6) is -1.51. The molecule has 0 aromatic carbocycles. The van der Waals surface area contributed by atoms with Crippen molar-refractivity contribution >= 4 is 11.9 Å². The number of carboxylic acids is 1. The first-order valence-corrected chi connectivity index (χ1v) is 6.87. The maximum atomic E-state index is 11.8. The number of carbonyl (C=O) groups is 2. The smallest absolute Gasteiger partial charge is 0.311 e. The van der Waals surface area contributed by atoms with Crippen molar-refractivity contribution in [1.82, 2.24) is 0 Å². The van der Waals surface area contributed by atoms with Gasteiger partial charge in [0.25, 0.3) is 0 Å². The van der Waals surface area contributed by atoms with Crippen LogP contribution in [0.15, 0.2) is 0 Å². The Morgan fingerprint density at radius 3 is 2.35 bits per heavy atom. The summed E-state index contributed by atoms with van der Waals surface area (Å²) in [4.78, 5) is 22.2. The largest absolute Gasteiger partial charge is 0.550 e. The predicted octanol–water partition coefficient (Wildman–Crippen LogP) is -0.457. The Morgan fingerprint density at radius 2 is 1.90 bits per heavy atom. The maximum Gasteiger partial charge on any atom is 0.311 e. The van der Waals surface area contributed by atoms with E-state index in [0.717, 1.165) is 0 Å². The lowest BCUT2D eigenvalue weighted by Gasteiger charge is -2.32. The normalized spacial score (nSPS) is 13.9. The number of rotatable bonds is 9. The Labute approximate surface area is 120 Å². The molecule has 1 atom stereocenters. The molecule has 1 N–H and O–H groups in total. The van der Waals surface area contributed by atoms with Crippen molar-refractivity contribution in [3.8, 4) is 0 Å². The number of aliphatic hydroxyl groups is 1. The number of esters is 1. The molecule has 0 fully saturated rings. The summed E-state index contributed by atoms with van der Waals surface area (Å²) in [6.45, 7) is 6.61. The highest BCUT2D eigenvalue weighted by atomic mass is 16.5. The summed E-state index contributed by atoms with van der Waals surface area (Å²) >= 11 is 0. The minimum absolute atomic E-state index is 0.240. The zero-order valence-corrected chi connectivity index (χ0v) is 13.1. The van der Waals surface area contributed by atoms with Gasteiger partial charge in [-0.1, -0.05) is 6.92 Å². The molecule has 0 aliphatic rings. The average molecular weight is 289 g/mol. The zero-order valence-electron chi connectivity index (χ0n) is 13.1. The monoisotopic (exact) mass is 289 g/mol. The molecule has 0 aliphatic heterocycles. The van der Waals surface area contributed by atoms with Crippen LogP contribution in [0.5, 0.6) is 0 Å². The van der Waals surface area contributed by atoms with E-state index in [-0.39, 0.29) is 25.5 Å². The number of aliphatic hydroxyl groups excluding tert-OH is 1. The second-order valence-electron chi connectivity index (χ2n) is 6.45. The fourth-order valence-corrected chi connectivity index (χ4v) is 1.64. The molecule has 0 aromatic rings. The summed E-state index contributed by atoms with van der Waals surface area (Å²) in [5, 5.41) is 20.0. The molecule has 6 nitrogen and oxygen atoms in total. The van der Waals surface area contributed by atoms with E-state index in [1.54, 1.807) is 0 Å². The molecule has 20 heavy (non-hydrogen) atoms. The van der Waals surface area contributed by atoms with Crippen LogP contribution in [0.4, 0.5) is 0 Å². The van der Waals surface area contributed by atoms with E-state index in [2.05, 4.69) is 0 Å². The van der Waals surface area contributed by atoms with Crippen LogP contribution < -0.4 is 5.11 Å². The van der Waals surface area contributed by atoms with Crippen molar-refractivity contribution in [3.63, 3.8) is 0 Å². The quantitative estimate of drug-likeness (QED) is 0.458. The van der Waals surface area contributed by atoms with Crippen molar-refractivity contribution in [2.24, 2.45) is 5.41 Å². The first-order chi connectivity index (χ1) is 9.00. The summed E-state index contributed by atoms with van der Waals surface area (Å²) in [7, 11) is 3.69. The highest BCUT2D eigenvalue weighted by Crippen LogP contribution is 2.21. The molecule has 0 heterocycles. The van der Waals surface area contributed by atoms with Gasteiger partial charge in [-0.15, -0.1) is 0 Å². The van der Waals surface area contributed by atoms with Crippen molar-refractivity contribution in [1.29, 1.82) is 0 Å². The molecule has 0 radical (unpaired) electrons. The van der Waals surface area contributed by atoms with Gasteiger partial charge in [0.1, 0.15) is 25.8 Å². The summed E-state index contributed by atoms with van der Waals surface area (Å²) in [6.07, 6.45) is -0.642. The average Bonchev–Trinajstić information content (AvgIpc) is 2.26. The Hall–Kier alpha value is -1.14. The lowest BCUT2D eigenvalue weighted by atomic mass is 9.91. The molecule has 1 unspecified atom stereocenters. The van der Waals surface area contributed by atoms with Crippen LogP contribution in [0, 0.1) is 5.41 Å². The number of carboxylic acid groups (broad SMARTS) is 1. The minimum Gasteiger partial charge on any atom is -0.550 e. The van der Waals surface area contributed by atoms with E-state index >= 15 is 0 Å². The number of quaternary nitrogens is 1. The van der Waals surface area contributed by atoms with Crippen molar-refractivity contribution in [3.05, 3.63) is 0 Å². The number of hydrogen-bond donors (Lipinski definition) is 1. The molecule has 0 saturated carbocycles. The minimum atomic E-state index is -1.27. The van der Waals surface area contributed by atoms with E-state index in [0.29, 0.717) is 17.4 Å². The molecular formula is C14H27NO5. The van der Waals surface area contributed by atoms with Gasteiger partial charge in [0.2, 0.25) is 0 Å². The number of hydrogen-bond acceptors (Lipinski definition) is 5. The lowest BCUT2D eigenvalue weighted by Crippen LogP contribution is -2.48. The summed E-state index contributed by atoms with van der Waals surface area (Å²) in [6, 6.07) is 0. The van der Waals surface area contributed by atoms with Gasteiger partial charge in [0, 0.05) is 12.4 Å². The van der Waals surface area contributed by atoms with Crippen molar-refractivity contribution in [2.75, 3.05) is 33.8 Å². The SMILES string of the molecule is CCC(C)(C)C(=O)OCC[N+](C)(C)CC(O)CC(=O)[O-]. The van der Waals surface area contributed by atoms with Gasteiger partial charge in [-0.3, -0.25) is 4.79 Å². The lowest BCUT2D eigenvalue weighted by molar-refractivity contribution is -0.893. The Balaban J connectivity index is 4.17. The van der Waals surface area contributed by atoms with Crippen molar-refractivity contribution in [2.45, 2.75) is 39.7 Å². The molecular weight excluding hydrogens is 262 g/mol. The second-order valence-corrected chi connectivity index (χ2v) is 6.45. The highest BCUT2D eigenvalue weighted by Gasteiger charge is 2.28. The third-order valence-electron chi connectivity index (χ3n) is 3.47. The van der Waals surface area contributed by atoms with Gasteiger partial charge < -0.3 is 24.2 Å². The molecule has 118 valence electrons. The molecule has 0 rings (SSSR count). The van der Waals surface area contributed by atoms with Crippen LogP contribution in [-0.4, -0.2) is 61.4 Å². The fourth-order valence-electron chi connectivity index (χ4n) is 1.64. The standard InChI is InChI=1S/C14H27NO5/c1-6-14(2,3)13(19)20-8-7-15(4,5)10-11(16)9-12(17)18/h11,16H,6-10H2,1-5H3. The number of aliphatic carboxylic acids is 1. The second kappa shape index (κ2) is 7.59. The third kappa shape index (κ3) is 7.45. The van der Waals surface area contributed by atoms with Gasteiger partial charge in [-0.2, -0.15) is 0 Å². The van der Waals surface area contributed by atoms with Gasteiger partial charge in [-0.05, 0) is 20.3 Å². The van der Waals surface area contributed by atoms with Crippen LogP contribution >= 0.6 is 0 Å². The van der Waals surface area contributed by atoms with E-state index in [9.17, 15) is 19.8 Å². The van der Waals surface area contributed by atoms with Crippen molar-refractivity contribution < 1.29 is 29.0 Å². The molecule has 0 amide bonds. The van der Waals surface area contributed by atoms with Crippen LogP contribution in [0.1, 0.15) is 33.6 Å².